The van der Waals surface area contributed by atoms with Crippen molar-refractivity contribution in [2.45, 2.75) is 6.92 Å². The van der Waals surface area contributed by atoms with Crippen molar-refractivity contribution in [2.75, 3.05) is 11.9 Å². The van der Waals surface area contributed by atoms with Gasteiger partial charge >= 0.3 is 0 Å². The number of halogens is 2. The summed E-state index contributed by atoms with van der Waals surface area (Å²) in [6.45, 7) is 1.88. The average Bonchev–Trinajstić information content (AvgIpc) is 3.28. The molecule has 0 atom stereocenters. The third-order valence-electron chi connectivity index (χ3n) is 4.93. The number of anilines is 1. The lowest BCUT2D eigenvalue weighted by atomic mass is 10.1. The van der Waals surface area contributed by atoms with Crippen molar-refractivity contribution in [1.29, 1.82) is 0 Å². The van der Waals surface area contributed by atoms with Crippen LogP contribution in [0.1, 0.15) is 15.9 Å². The van der Waals surface area contributed by atoms with E-state index in [1.165, 1.54) is 17.7 Å². The second kappa shape index (κ2) is 10.2. The number of thiazole rings is 1. The zero-order chi connectivity index (χ0) is 23.4. The molecule has 8 heteroatoms. The Bertz CT molecular complexity index is 1320. The SMILES string of the molecule is Cc1ccccc1-c1nc(-c2ccc(NC(=O)CNC(=O)c3ccc(Cl)cc3Cl)cc2)cs1. The summed E-state index contributed by atoms with van der Waals surface area (Å²) in [6, 6.07) is 20.1. The Morgan fingerprint density at radius 3 is 2.48 bits per heavy atom. The summed E-state index contributed by atoms with van der Waals surface area (Å²) in [7, 11) is 0. The van der Waals surface area contributed by atoms with E-state index in [4.69, 9.17) is 28.2 Å². The van der Waals surface area contributed by atoms with Gasteiger partial charge in [-0.1, -0.05) is 59.6 Å². The molecule has 3 aromatic carbocycles. The van der Waals surface area contributed by atoms with Crippen LogP contribution < -0.4 is 10.6 Å². The molecule has 0 aliphatic rings. The Morgan fingerprint density at radius 2 is 1.76 bits per heavy atom. The maximum atomic E-state index is 12.2. The second-order valence-corrected chi connectivity index (χ2v) is 8.99. The number of amides is 2. The smallest absolute Gasteiger partial charge is 0.253 e. The molecule has 1 heterocycles. The number of nitrogens with one attached hydrogen (secondary N) is 2. The van der Waals surface area contributed by atoms with Gasteiger partial charge in [0.05, 0.1) is 22.8 Å². The zero-order valence-electron chi connectivity index (χ0n) is 17.6. The summed E-state index contributed by atoms with van der Waals surface area (Å²) in [5.41, 5.74) is 5.02. The minimum Gasteiger partial charge on any atom is -0.343 e. The number of hydrogen-bond donors (Lipinski definition) is 2. The molecule has 0 bridgehead atoms. The summed E-state index contributed by atoms with van der Waals surface area (Å²) < 4.78 is 0. The standard InChI is InChI=1S/C25H19Cl2N3O2S/c1-15-4-2-3-5-19(15)25-30-22(14-33-25)16-6-9-18(10-7-16)29-23(31)13-28-24(32)20-11-8-17(26)12-21(20)27/h2-12,14H,13H2,1H3,(H,28,32)(H,29,31). The highest BCUT2D eigenvalue weighted by Gasteiger charge is 2.13. The van der Waals surface area contributed by atoms with Crippen molar-refractivity contribution in [3.63, 3.8) is 0 Å². The van der Waals surface area contributed by atoms with Gasteiger partial charge in [0.1, 0.15) is 5.01 Å². The molecule has 0 saturated carbocycles. The summed E-state index contributed by atoms with van der Waals surface area (Å²) in [5.74, 6) is -0.799. The number of rotatable bonds is 6. The van der Waals surface area contributed by atoms with Crippen LogP contribution in [-0.4, -0.2) is 23.3 Å². The lowest BCUT2D eigenvalue weighted by Gasteiger charge is -2.08. The summed E-state index contributed by atoms with van der Waals surface area (Å²) in [5, 5.41) is 8.96. The van der Waals surface area contributed by atoms with Crippen molar-refractivity contribution in [1.82, 2.24) is 10.3 Å². The van der Waals surface area contributed by atoms with E-state index in [9.17, 15) is 9.59 Å². The fourth-order valence-corrected chi connectivity index (χ4v) is 4.62. The van der Waals surface area contributed by atoms with E-state index in [2.05, 4.69) is 29.7 Å². The predicted molar refractivity (Wildman–Crippen MR) is 135 cm³/mol. The number of nitrogens with zero attached hydrogens (tertiary/aromatic N) is 1. The minimum atomic E-state index is -0.449. The van der Waals surface area contributed by atoms with Crippen molar-refractivity contribution < 1.29 is 9.59 Å². The van der Waals surface area contributed by atoms with Crippen LogP contribution in [0, 0.1) is 6.92 Å². The Labute approximate surface area is 205 Å². The van der Waals surface area contributed by atoms with Crippen LogP contribution in [0.15, 0.2) is 72.1 Å². The molecular formula is C25H19Cl2N3O2S. The Kier molecular flexibility index (Phi) is 7.08. The Balaban J connectivity index is 1.35. The van der Waals surface area contributed by atoms with Gasteiger partial charge in [-0.15, -0.1) is 11.3 Å². The highest BCUT2D eigenvalue weighted by Crippen LogP contribution is 2.31. The van der Waals surface area contributed by atoms with Crippen molar-refractivity contribution in [3.05, 3.63) is 93.3 Å². The fourth-order valence-electron chi connectivity index (χ4n) is 3.20. The Morgan fingerprint density at radius 1 is 1.00 bits per heavy atom. The summed E-state index contributed by atoms with van der Waals surface area (Å²) >= 11 is 13.5. The van der Waals surface area contributed by atoms with Crippen LogP contribution >= 0.6 is 34.5 Å². The van der Waals surface area contributed by atoms with E-state index < -0.39 is 5.91 Å². The monoisotopic (exact) mass is 495 g/mol. The van der Waals surface area contributed by atoms with Gasteiger partial charge in [-0.3, -0.25) is 9.59 Å². The van der Waals surface area contributed by atoms with Gasteiger partial charge in [0.2, 0.25) is 5.91 Å². The van der Waals surface area contributed by atoms with Gasteiger partial charge in [-0.2, -0.15) is 0 Å². The first-order valence-electron chi connectivity index (χ1n) is 10.1. The lowest BCUT2D eigenvalue weighted by Crippen LogP contribution is -2.33. The van der Waals surface area contributed by atoms with Crippen LogP contribution in [0.2, 0.25) is 10.0 Å². The number of carbonyl (C=O) groups is 2. The maximum absolute atomic E-state index is 12.2. The molecule has 4 rings (SSSR count). The topological polar surface area (TPSA) is 71.1 Å². The zero-order valence-corrected chi connectivity index (χ0v) is 19.9. The first kappa shape index (κ1) is 23.0. The molecule has 0 fully saturated rings. The molecule has 0 radical (unpaired) electrons. The van der Waals surface area contributed by atoms with E-state index in [-0.39, 0.29) is 23.0 Å². The Hall–Kier alpha value is -3.19. The molecular weight excluding hydrogens is 477 g/mol. The second-order valence-electron chi connectivity index (χ2n) is 7.29. The molecule has 2 N–H and O–H groups in total. The van der Waals surface area contributed by atoms with E-state index in [1.54, 1.807) is 29.5 Å². The molecule has 33 heavy (non-hydrogen) atoms. The van der Waals surface area contributed by atoms with Crippen LogP contribution in [0.25, 0.3) is 21.8 Å². The highest BCUT2D eigenvalue weighted by atomic mass is 35.5. The first-order chi connectivity index (χ1) is 15.9. The van der Waals surface area contributed by atoms with Gasteiger partial charge in [-0.25, -0.2) is 4.98 Å². The number of aryl methyl sites for hydroxylation is 1. The summed E-state index contributed by atoms with van der Waals surface area (Å²) in [4.78, 5) is 29.2. The predicted octanol–water partition coefficient (Wildman–Crippen LogP) is 6.46. The third-order valence-corrected chi connectivity index (χ3v) is 6.35. The molecule has 166 valence electrons. The van der Waals surface area contributed by atoms with Crippen LogP contribution in [0.3, 0.4) is 0 Å². The molecule has 0 aliphatic carbocycles. The van der Waals surface area contributed by atoms with E-state index >= 15 is 0 Å². The number of benzene rings is 3. The minimum absolute atomic E-state index is 0.189. The van der Waals surface area contributed by atoms with Gasteiger partial charge in [0.25, 0.3) is 5.91 Å². The maximum Gasteiger partial charge on any atom is 0.253 e. The molecule has 5 nitrogen and oxygen atoms in total. The summed E-state index contributed by atoms with van der Waals surface area (Å²) in [6.07, 6.45) is 0. The molecule has 0 unspecified atom stereocenters. The van der Waals surface area contributed by atoms with E-state index in [0.29, 0.717) is 10.7 Å². The number of aromatic nitrogens is 1. The third kappa shape index (κ3) is 5.60. The molecule has 0 spiro atoms. The van der Waals surface area contributed by atoms with Crippen LogP contribution in [-0.2, 0) is 4.79 Å². The highest BCUT2D eigenvalue weighted by molar-refractivity contribution is 7.13. The quantitative estimate of drug-likeness (QED) is 0.322. The van der Waals surface area contributed by atoms with Crippen LogP contribution in [0.5, 0.6) is 0 Å². The van der Waals surface area contributed by atoms with Crippen molar-refractivity contribution >= 4 is 52.0 Å². The van der Waals surface area contributed by atoms with Gasteiger partial charge < -0.3 is 10.6 Å². The lowest BCUT2D eigenvalue weighted by molar-refractivity contribution is -0.115. The van der Waals surface area contributed by atoms with Crippen molar-refractivity contribution in [2.24, 2.45) is 0 Å². The fraction of sp³-hybridized carbons (Fsp3) is 0.0800. The number of hydrogen-bond acceptors (Lipinski definition) is 4. The van der Waals surface area contributed by atoms with Gasteiger partial charge in [-0.05, 0) is 42.8 Å². The molecule has 2 amide bonds. The first-order valence-corrected chi connectivity index (χ1v) is 11.7. The average molecular weight is 496 g/mol. The normalized spacial score (nSPS) is 10.6. The van der Waals surface area contributed by atoms with E-state index in [0.717, 1.165) is 21.8 Å². The van der Waals surface area contributed by atoms with Gasteiger partial charge in [0.15, 0.2) is 0 Å². The molecule has 0 aliphatic heterocycles. The largest absolute Gasteiger partial charge is 0.343 e. The number of carbonyl (C=O) groups excluding carboxylic acids is 2. The van der Waals surface area contributed by atoms with Gasteiger partial charge in [0, 0.05) is 27.2 Å². The van der Waals surface area contributed by atoms with E-state index in [1.807, 2.05) is 29.6 Å². The van der Waals surface area contributed by atoms with Crippen LogP contribution in [0.4, 0.5) is 5.69 Å². The van der Waals surface area contributed by atoms with Crippen molar-refractivity contribution in [3.8, 4) is 21.8 Å². The molecule has 4 aromatic rings. The molecule has 1 aromatic heterocycles. The molecule has 0 saturated heterocycles.